The number of aromatic amines is 1. The molecule has 0 fully saturated rings. The van der Waals surface area contributed by atoms with Gasteiger partial charge in [0.15, 0.2) is 6.29 Å². The summed E-state index contributed by atoms with van der Waals surface area (Å²) in [5, 5.41) is 1.04. The number of nitrogens with one attached hydrogen (secondary N) is 1. The van der Waals surface area contributed by atoms with Gasteiger partial charge in [0.05, 0.1) is 0 Å². The van der Waals surface area contributed by atoms with Crippen molar-refractivity contribution in [2.75, 3.05) is 0 Å². The SMILES string of the molecule is Cc1cc2ccc(C=O)nc2[nH]1. The summed E-state index contributed by atoms with van der Waals surface area (Å²) in [5.74, 6) is 0. The summed E-state index contributed by atoms with van der Waals surface area (Å²) >= 11 is 0. The molecule has 0 unspecified atom stereocenters. The van der Waals surface area contributed by atoms with E-state index in [0.717, 1.165) is 23.0 Å². The Bertz CT molecular complexity index is 431. The van der Waals surface area contributed by atoms with Crippen molar-refractivity contribution in [3.63, 3.8) is 0 Å². The number of carbonyl (C=O) groups is 1. The summed E-state index contributed by atoms with van der Waals surface area (Å²) < 4.78 is 0. The number of aryl methyl sites for hydroxylation is 1. The molecule has 0 spiro atoms. The normalized spacial score (nSPS) is 10.4. The Morgan fingerprint density at radius 1 is 1.50 bits per heavy atom. The molecular formula is C9H8N2O. The molecule has 2 aromatic rings. The maximum atomic E-state index is 10.4. The van der Waals surface area contributed by atoms with E-state index < -0.39 is 0 Å². The number of H-pyrrole nitrogens is 1. The number of fused-ring (bicyclic) bond motifs is 1. The Balaban J connectivity index is 2.74. The van der Waals surface area contributed by atoms with Crippen LogP contribution in [0.15, 0.2) is 18.2 Å². The lowest BCUT2D eigenvalue weighted by molar-refractivity contribution is 0.111. The van der Waals surface area contributed by atoms with Gasteiger partial charge in [-0.3, -0.25) is 4.79 Å². The first-order valence-corrected chi connectivity index (χ1v) is 3.71. The molecule has 0 aliphatic rings. The molecule has 2 aromatic heterocycles. The molecule has 0 aromatic carbocycles. The van der Waals surface area contributed by atoms with Gasteiger partial charge in [-0.2, -0.15) is 0 Å². The van der Waals surface area contributed by atoms with Crippen LogP contribution < -0.4 is 0 Å². The van der Waals surface area contributed by atoms with E-state index in [-0.39, 0.29) is 0 Å². The van der Waals surface area contributed by atoms with Crippen LogP contribution in [0.4, 0.5) is 0 Å². The van der Waals surface area contributed by atoms with Gasteiger partial charge in [0.1, 0.15) is 11.3 Å². The van der Waals surface area contributed by atoms with Crippen LogP contribution >= 0.6 is 0 Å². The van der Waals surface area contributed by atoms with Gasteiger partial charge in [-0.15, -0.1) is 0 Å². The van der Waals surface area contributed by atoms with Gasteiger partial charge in [0.2, 0.25) is 0 Å². The predicted molar refractivity (Wildman–Crippen MR) is 46.2 cm³/mol. The van der Waals surface area contributed by atoms with Crippen LogP contribution in [0, 0.1) is 6.92 Å². The molecular weight excluding hydrogens is 152 g/mol. The van der Waals surface area contributed by atoms with E-state index in [4.69, 9.17) is 0 Å². The minimum Gasteiger partial charge on any atom is -0.344 e. The Morgan fingerprint density at radius 3 is 3.08 bits per heavy atom. The van der Waals surface area contributed by atoms with Crippen molar-refractivity contribution in [1.29, 1.82) is 0 Å². The second kappa shape index (κ2) is 2.44. The van der Waals surface area contributed by atoms with Crippen molar-refractivity contribution < 1.29 is 4.79 Å². The van der Waals surface area contributed by atoms with Gasteiger partial charge in [-0.1, -0.05) is 0 Å². The summed E-state index contributed by atoms with van der Waals surface area (Å²) in [6.45, 7) is 1.96. The highest BCUT2D eigenvalue weighted by molar-refractivity contribution is 5.81. The zero-order chi connectivity index (χ0) is 8.55. The zero-order valence-corrected chi connectivity index (χ0v) is 6.66. The maximum absolute atomic E-state index is 10.4. The third-order valence-electron chi connectivity index (χ3n) is 1.76. The Labute approximate surface area is 69.4 Å². The highest BCUT2D eigenvalue weighted by Gasteiger charge is 1.98. The number of rotatable bonds is 1. The number of hydrogen-bond acceptors (Lipinski definition) is 2. The van der Waals surface area contributed by atoms with Crippen molar-refractivity contribution in [2.24, 2.45) is 0 Å². The summed E-state index contributed by atoms with van der Waals surface area (Å²) in [6, 6.07) is 5.59. The van der Waals surface area contributed by atoms with Crippen molar-refractivity contribution in [3.8, 4) is 0 Å². The average molecular weight is 160 g/mol. The largest absolute Gasteiger partial charge is 0.344 e. The van der Waals surface area contributed by atoms with E-state index >= 15 is 0 Å². The lowest BCUT2D eigenvalue weighted by Crippen LogP contribution is -1.85. The quantitative estimate of drug-likeness (QED) is 0.645. The van der Waals surface area contributed by atoms with Crippen LogP contribution in [-0.2, 0) is 0 Å². The molecule has 0 atom stereocenters. The minimum atomic E-state index is 0.462. The third-order valence-corrected chi connectivity index (χ3v) is 1.76. The number of nitrogens with zero attached hydrogens (tertiary/aromatic N) is 1. The second-order valence-corrected chi connectivity index (χ2v) is 2.74. The maximum Gasteiger partial charge on any atom is 0.168 e. The second-order valence-electron chi connectivity index (χ2n) is 2.74. The van der Waals surface area contributed by atoms with Crippen molar-refractivity contribution >= 4 is 17.3 Å². The van der Waals surface area contributed by atoms with Gasteiger partial charge in [0.25, 0.3) is 0 Å². The monoisotopic (exact) mass is 160 g/mol. The van der Waals surface area contributed by atoms with Crippen LogP contribution in [0.1, 0.15) is 16.2 Å². The van der Waals surface area contributed by atoms with Crippen LogP contribution in [0.25, 0.3) is 11.0 Å². The molecule has 2 rings (SSSR count). The highest BCUT2D eigenvalue weighted by atomic mass is 16.1. The summed E-state index contributed by atoms with van der Waals surface area (Å²) in [7, 11) is 0. The molecule has 0 saturated carbocycles. The Hall–Kier alpha value is -1.64. The molecule has 12 heavy (non-hydrogen) atoms. The Morgan fingerprint density at radius 2 is 2.33 bits per heavy atom. The molecule has 2 heterocycles. The van der Waals surface area contributed by atoms with E-state index in [1.807, 2.05) is 19.1 Å². The molecule has 0 aliphatic heterocycles. The number of pyridine rings is 1. The number of carbonyl (C=O) groups excluding carboxylic acids is 1. The molecule has 0 amide bonds. The van der Waals surface area contributed by atoms with Crippen LogP contribution in [-0.4, -0.2) is 16.3 Å². The van der Waals surface area contributed by atoms with E-state index in [1.165, 1.54) is 0 Å². The molecule has 60 valence electrons. The molecule has 0 aliphatic carbocycles. The fraction of sp³-hybridized carbons (Fsp3) is 0.111. The number of hydrogen-bond donors (Lipinski definition) is 1. The molecule has 0 bridgehead atoms. The van der Waals surface area contributed by atoms with Crippen molar-refractivity contribution in [3.05, 3.63) is 29.6 Å². The van der Waals surface area contributed by atoms with Crippen molar-refractivity contribution in [2.45, 2.75) is 6.92 Å². The van der Waals surface area contributed by atoms with Gasteiger partial charge in [0, 0.05) is 11.1 Å². The van der Waals surface area contributed by atoms with E-state index in [2.05, 4.69) is 9.97 Å². The lowest BCUT2D eigenvalue weighted by Gasteiger charge is -1.89. The fourth-order valence-corrected chi connectivity index (χ4v) is 1.22. The predicted octanol–water partition coefficient (Wildman–Crippen LogP) is 1.68. The van der Waals surface area contributed by atoms with Gasteiger partial charge in [-0.05, 0) is 25.1 Å². The molecule has 3 heteroatoms. The lowest BCUT2D eigenvalue weighted by atomic mass is 10.3. The Kier molecular flexibility index (Phi) is 1.43. The first-order valence-electron chi connectivity index (χ1n) is 3.71. The van der Waals surface area contributed by atoms with E-state index in [0.29, 0.717) is 5.69 Å². The topological polar surface area (TPSA) is 45.8 Å². The van der Waals surface area contributed by atoms with Crippen LogP contribution in [0.5, 0.6) is 0 Å². The third kappa shape index (κ3) is 0.993. The van der Waals surface area contributed by atoms with Gasteiger partial charge < -0.3 is 4.98 Å². The van der Waals surface area contributed by atoms with Crippen molar-refractivity contribution in [1.82, 2.24) is 9.97 Å². The van der Waals surface area contributed by atoms with Gasteiger partial charge in [-0.25, -0.2) is 4.98 Å². The van der Waals surface area contributed by atoms with Gasteiger partial charge >= 0.3 is 0 Å². The van der Waals surface area contributed by atoms with Crippen LogP contribution in [0.2, 0.25) is 0 Å². The summed E-state index contributed by atoms with van der Waals surface area (Å²) in [4.78, 5) is 17.5. The number of aromatic nitrogens is 2. The first kappa shape index (κ1) is 7.03. The average Bonchev–Trinajstić information content (AvgIpc) is 2.43. The summed E-state index contributed by atoms with van der Waals surface area (Å²) in [5.41, 5.74) is 2.29. The molecule has 0 radical (unpaired) electrons. The molecule has 1 N–H and O–H groups in total. The smallest absolute Gasteiger partial charge is 0.168 e. The summed E-state index contributed by atoms with van der Waals surface area (Å²) in [6.07, 6.45) is 0.746. The first-order chi connectivity index (χ1) is 5.79. The standard InChI is InChI=1S/C9H8N2O/c1-6-4-7-2-3-8(5-12)11-9(7)10-6/h2-5H,1H3,(H,10,11). The highest BCUT2D eigenvalue weighted by Crippen LogP contribution is 2.12. The van der Waals surface area contributed by atoms with E-state index in [9.17, 15) is 4.79 Å². The van der Waals surface area contributed by atoms with Crippen LogP contribution in [0.3, 0.4) is 0 Å². The molecule has 0 saturated heterocycles. The number of aldehydes is 1. The minimum absolute atomic E-state index is 0.462. The fourth-order valence-electron chi connectivity index (χ4n) is 1.22. The van der Waals surface area contributed by atoms with E-state index in [1.54, 1.807) is 6.07 Å². The molecule has 3 nitrogen and oxygen atoms in total. The zero-order valence-electron chi connectivity index (χ0n) is 6.66.